The van der Waals surface area contributed by atoms with Crippen LogP contribution in [0.25, 0.3) is 33.9 Å². The van der Waals surface area contributed by atoms with Gasteiger partial charge in [-0.05, 0) is 43.7 Å². The minimum Gasteiger partial charge on any atom is -0.350 e. The van der Waals surface area contributed by atoms with Gasteiger partial charge in [-0.1, -0.05) is 19.0 Å². The number of hydrogen-bond donors (Lipinski definition) is 2. The van der Waals surface area contributed by atoms with Crippen molar-refractivity contribution in [1.82, 2.24) is 34.6 Å². The second kappa shape index (κ2) is 8.39. The standard InChI is InChI=1S/C20H18N8O.C2H6/c1-11-6-14(7-13-8-16(25-18(11)13)19-23-12(2)27-29-19)24-20-21-5-4-15(26-20)17-9-28(3)10-22-17;1-2/h4-10,25H,1-3H3,(H,21,24,26);1-2H3. The molecule has 5 rings (SSSR count). The summed E-state index contributed by atoms with van der Waals surface area (Å²) in [5.41, 5.74) is 5.33. The molecule has 0 aliphatic carbocycles. The van der Waals surface area contributed by atoms with E-state index < -0.39 is 0 Å². The molecule has 0 aliphatic heterocycles. The van der Waals surface area contributed by atoms with Gasteiger partial charge in [0.15, 0.2) is 5.82 Å². The Morgan fingerprint density at radius 3 is 2.58 bits per heavy atom. The Hall–Kier alpha value is -4.01. The molecule has 0 bridgehead atoms. The molecular weight excluding hydrogens is 392 g/mol. The van der Waals surface area contributed by atoms with E-state index in [1.807, 2.05) is 62.8 Å². The molecule has 0 unspecified atom stereocenters. The first-order valence-corrected chi connectivity index (χ1v) is 10.1. The van der Waals surface area contributed by atoms with Gasteiger partial charge in [-0.3, -0.25) is 0 Å². The molecule has 31 heavy (non-hydrogen) atoms. The molecule has 4 heterocycles. The van der Waals surface area contributed by atoms with Crippen LogP contribution in [-0.4, -0.2) is 34.6 Å². The average molecular weight is 416 g/mol. The predicted octanol–water partition coefficient (Wildman–Crippen LogP) is 4.80. The van der Waals surface area contributed by atoms with Crippen LogP contribution in [-0.2, 0) is 7.05 Å². The van der Waals surface area contributed by atoms with Gasteiger partial charge >= 0.3 is 0 Å². The van der Waals surface area contributed by atoms with Crippen LogP contribution < -0.4 is 5.32 Å². The van der Waals surface area contributed by atoms with E-state index >= 15 is 0 Å². The number of nitrogens with one attached hydrogen (secondary N) is 2. The normalized spacial score (nSPS) is 10.7. The molecule has 0 saturated heterocycles. The van der Waals surface area contributed by atoms with Crippen molar-refractivity contribution in [2.24, 2.45) is 7.05 Å². The first kappa shape index (κ1) is 20.3. The number of imidazole rings is 1. The van der Waals surface area contributed by atoms with Crippen LogP contribution in [0, 0.1) is 13.8 Å². The van der Waals surface area contributed by atoms with Crippen molar-refractivity contribution in [3.63, 3.8) is 0 Å². The molecule has 9 heteroatoms. The molecule has 0 spiro atoms. The average Bonchev–Trinajstić information content (AvgIpc) is 3.49. The third kappa shape index (κ3) is 4.16. The summed E-state index contributed by atoms with van der Waals surface area (Å²) >= 11 is 0. The lowest BCUT2D eigenvalue weighted by atomic mass is 10.1. The fourth-order valence-electron chi connectivity index (χ4n) is 3.25. The Kier molecular flexibility index (Phi) is 5.48. The van der Waals surface area contributed by atoms with Crippen molar-refractivity contribution in [3.05, 3.63) is 54.4 Å². The number of fused-ring (bicyclic) bond motifs is 1. The Bertz CT molecular complexity index is 1330. The first-order chi connectivity index (χ1) is 15.0. The smallest absolute Gasteiger partial charge is 0.274 e. The third-order valence-corrected chi connectivity index (χ3v) is 4.56. The van der Waals surface area contributed by atoms with Gasteiger partial charge in [0.25, 0.3) is 5.89 Å². The maximum absolute atomic E-state index is 5.27. The molecule has 1 aromatic carbocycles. The van der Waals surface area contributed by atoms with Crippen LogP contribution in [0.5, 0.6) is 0 Å². The number of aromatic nitrogens is 7. The molecule has 0 radical (unpaired) electrons. The highest BCUT2D eigenvalue weighted by Crippen LogP contribution is 2.29. The Balaban J connectivity index is 0.00000112. The van der Waals surface area contributed by atoms with Gasteiger partial charge < -0.3 is 19.4 Å². The van der Waals surface area contributed by atoms with E-state index in [0.717, 1.165) is 39.2 Å². The van der Waals surface area contributed by atoms with Gasteiger partial charge in [0.1, 0.15) is 11.4 Å². The molecule has 4 aromatic heterocycles. The Morgan fingerprint density at radius 1 is 1.03 bits per heavy atom. The van der Waals surface area contributed by atoms with Crippen molar-refractivity contribution < 1.29 is 4.52 Å². The SMILES string of the molecule is CC.Cc1noc(-c2cc3cc(Nc4nccc(-c5cn(C)cn5)n4)cc(C)c3[nH]2)n1. The van der Waals surface area contributed by atoms with E-state index in [0.29, 0.717) is 17.7 Å². The number of aryl methyl sites for hydroxylation is 3. The second-order valence-electron chi connectivity index (χ2n) is 6.90. The quantitative estimate of drug-likeness (QED) is 0.433. The molecule has 158 valence electrons. The minimum absolute atomic E-state index is 0.471. The highest BCUT2D eigenvalue weighted by molar-refractivity contribution is 5.90. The topological polar surface area (TPSA) is 110 Å². The number of hydrogen-bond acceptors (Lipinski definition) is 7. The van der Waals surface area contributed by atoms with Gasteiger partial charge in [-0.25, -0.2) is 15.0 Å². The molecule has 0 aliphatic rings. The zero-order valence-corrected chi connectivity index (χ0v) is 18.1. The number of rotatable bonds is 4. The Morgan fingerprint density at radius 2 is 1.87 bits per heavy atom. The summed E-state index contributed by atoms with van der Waals surface area (Å²) in [4.78, 5) is 20.9. The number of benzene rings is 1. The largest absolute Gasteiger partial charge is 0.350 e. The fourth-order valence-corrected chi connectivity index (χ4v) is 3.25. The molecule has 5 aromatic rings. The van der Waals surface area contributed by atoms with E-state index in [1.165, 1.54) is 0 Å². The summed E-state index contributed by atoms with van der Waals surface area (Å²) < 4.78 is 7.15. The van der Waals surface area contributed by atoms with Crippen LogP contribution in [0.1, 0.15) is 25.2 Å². The summed E-state index contributed by atoms with van der Waals surface area (Å²) in [6, 6.07) is 7.90. The predicted molar refractivity (Wildman–Crippen MR) is 120 cm³/mol. The molecule has 2 N–H and O–H groups in total. The number of aromatic amines is 1. The zero-order valence-electron chi connectivity index (χ0n) is 18.1. The number of nitrogens with zero attached hydrogens (tertiary/aromatic N) is 6. The first-order valence-electron chi connectivity index (χ1n) is 10.1. The van der Waals surface area contributed by atoms with Crippen LogP contribution in [0.2, 0.25) is 0 Å². The van der Waals surface area contributed by atoms with Gasteiger partial charge in [-0.15, -0.1) is 0 Å². The zero-order chi connectivity index (χ0) is 22.0. The Labute approximate surface area is 179 Å². The van der Waals surface area contributed by atoms with Gasteiger partial charge in [-0.2, -0.15) is 4.98 Å². The van der Waals surface area contributed by atoms with Crippen molar-refractivity contribution in [2.45, 2.75) is 27.7 Å². The third-order valence-electron chi connectivity index (χ3n) is 4.56. The van der Waals surface area contributed by atoms with Gasteiger partial charge in [0.05, 0.1) is 12.0 Å². The van der Waals surface area contributed by atoms with Crippen LogP contribution in [0.3, 0.4) is 0 Å². The summed E-state index contributed by atoms with van der Waals surface area (Å²) in [5, 5.41) is 8.16. The van der Waals surface area contributed by atoms with Crippen molar-refractivity contribution in [2.75, 3.05) is 5.32 Å². The molecule has 0 atom stereocenters. The molecule has 9 nitrogen and oxygen atoms in total. The number of H-pyrrole nitrogens is 1. The summed E-state index contributed by atoms with van der Waals surface area (Å²) in [5.74, 6) is 1.58. The maximum Gasteiger partial charge on any atom is 0.274 e. The van der Waals surface area contributed by atoms with Gasteiger partial charge in [0, 0.05) is 36.0 Å². The summed E-state index contributed by atoms with van der Waals surface area (Å²) in [7, 11) is 1.93. The monoisotopic (exact) mass is 416 g/mol. The van der Waals surface area contributed by atoms with E-state index in [-0.39, 0.29) is 0 Å². The molecule has 0 fully saturated rings. The lowest BCUT2D eigenvalue weighted by Gasteiger charge is -2.07. The van der Waals surface area contributed by atoms with Crippen molar-refractivity contribution >= 4 is 22.5 Å². The van der Waals surface area contributed by atoms with Crippen LogP contribution >= 0.6 is 0 Å². The minimum atomic E-state index is 0.471. The molecule has 0 amide bonds. The second-order valence-corrected chi connectivity index (χ2v) is 6.90. The van der Waals surface area contributed by atoms with E-state index in [9.17, 15) is 0 Å². The van der Waals surface area contributed by atoms with E-state index in [1.54, 1.807) is 19.4 Å². The highest BCUT2D eigenvalue weighted by Gasteiger charge is 2.12. The lowest BCUT2D eigenvalue weighted by Crippen LogP contribution is -1.98. The van der Waals surface area contributed by atoms with Crippen LogP contribution in [0.15, 0.2) is 47.5 Å². The van der Waals surface area contributed by atoms with Crippen LogP contribution in [0.4, 0.5) is 11.6 Å². The maximum atomic E-state index is 5.27. The van der Waals surface area contributed by atoms with Crippen molar-refractivity contribution in [3.8, 4) is 23.0 Å². The van der Waals surface area contributed by atoms with Gasteiger partial charge in [0.2, 0.25) is 5.95 Å². The number of anilines is 2. The van der Waals surface area contributed by atoms with Crippen molar-refractivity contribution in [1.29, 1.82) is 0 Å². The van der Waals surface area contributed by atoms with E-state index in [4.69, 9.17) is 4.52 Å². The molecule has 0 saturated carbocycles. The molecular formula is C22H24N8O. The highest BCUT2D eigenvalue weighted by atomic mass is 16.5. The summed E-state index contributed by atoms with van der Waals surface area (Å²) in [6.45, 7) is 7.83. The fraction of sp³-hybridized carbons (Fsp3) is 0.227. The summed E-state index contributed by atoms with van der Waals surface area (Å²) in [6.07, 6.45) is 5.39. The van der Waals surface area contributed by atoms with E-state index in [2.05, 4.69) is 35.4 Å². The lowest BCUT2D eigenvalue weighted by molar-refractivity contribution is 0.424.